The minimum Gasteiger partial charge on any atom is -0.493 e. The monoisotopic (exact) mass is 1620 g/mol. The summed E-state index contributed by atoms with van der Waals surface area (Å²) < 4.78 is 54.6. The van der Waals surface area contributed by atoms with Crippen molar-refractivity contribution in [2.45, 2.75) is 143 Å². The number of rotatable bonds is 24. The van der Waals surface area contributed by atoms with Gasteiger partial charge in [-0.3, -0.25) is 0 Å². The maximum atomic E-state index is 12.6. The Morgan fingerprint density at radius 2 is 0.709 bits per heavy atom. The normalized spacial score (nSPS) is 17.4. The van der Waals surface area contributed by atoms with Crippen molar-refractivity contribution in [2.24, 2.45) is 0 Å². The molecule has 11 heterocycles. The van der Waals surface area contributed by atoms with Crippen LogP contribution in [-0.4, -0.2) is 323 Å². The lowest BCUT2D eigenvalue weighted by molar-refractivity contribution is 0.0230. The maximum absolute atomic E-state index is 12.6. The van der Waals surface area contributed by atoms with Crippen LogP contribution in [0.25, 0.3) is 32.7 Å². The number of benzene rings is 3. The number of ether oxygens (including phenoxy) is 9. The van der Waals surface area contributed by atoms with Crippen LogP contribution in [0.5, 0.6) is 34.5 Å². The van der Waals surface area contributed by atoms with Gasteiger partial charge in [0.1, 0.15) is 34.3 Å². The highest BCUT2D eigenvalue weighted by Crippen LogP contribution is 2.42. The molecule has 0 radical (unpaired) electrons. The average Bonchev–Trinajstić information content (AvgIpc) is 1.71. The van der Waals surface area contributed by atoms with Crippen LogP contribution < -0.4 is 57.8 Å². The fraction of sp³-hybridized carbons (Fsp3) is 0.647. The number of likely N-dealkylation sites (N-methyl/N-ethyl adjacent to an activating group) is 1. The summed E-state index contributed by atoms with van der Waals surface area (Å²) in [4.78, 5) is 97.8. The molecule has 640 valence electrons. The smallest absolute Gasteiger partial charge is 0.410 e. The van der Waals surface area contributed by atoms with Crippen LogP contribution in [0, 0.1) is 0 Å². The van der Waals surface area contributed by atoms with Crippen molar-refractivity contribution in [3.05, 3.63) is 55.1 Å². The van der Waals surface area contributed by atoms with Crippen molar-refractivity contribution < 1.29 is 57.0 Å². The van der Waals surface area contributed by atoms with Crippen LogP contribution in [0.3, 0.4) is 0 Å². The summed E-state index contributed by atoms with van der Waals surface area (Å²) in [6, 6.07) is 11.9. The molecule has 7 saturated heterocycles. The molecule has 3 amide bonds. The van der Waals surface area contributed by atoms with Gasteiger partial charge >= 0.3 is 18.3 Å². The first-order valence-electron chi connectivity index (χ1n) is 42.2. The molecular formula is C85H128N20O12. The van der Waals surface area contributed by atoms with E-state index < -0.39 is 16.8 Å². The van der Waals surface area contributed by atoms with Gasteiger partial charge < -0.3 is 106 Å². The summed E-state index contributed by atoms with van der Waals surface area (Å²) in [7, 11) is 11.3. The molecule has 3 aromatic carbocycles. The van der Waals surface area contributed by atoms with Gasteiger partial charge in [0.2, 0.25) is 17.8 Å². The SMILES string of the molecule is COc1cc2c(N3CCN(C(=O)OC(C)(C)C)CC3)nc(N3CCCC3)nc2cc1OCCCN(C)C.COc1cc2c(N3CCN(C(=O)OC(C)(C)C)CC3)nc(N3CCCC3)nc2cc1OCCCN1CCN(C)CC1.COc1cc2c(N3CCN(C(=O)OC(C)(C)C)CC3)nc(N3CCCC3)nc2cc1OCCCn1ccnc1. The third-order valence-electron chi connectivity index (χ3n) is 21.6. The number of nitrogens with zero attached hydrogens (tertiary/aromatic N) is 20. The Labute approximate surface area is 690 Å². The second-order valence-corrected chi connectivity index (χ2v) is 34.4. The third kappa shape index (κ3) is 23.8. The third-order valence-corrected chi connectivity index (χ3v) is 21.6. The molecule has 32 nitrogen and oxygen atoms in total. The van der Waals surface area contributed by atoms with Crippen LogP contribution in [0.1, 0.15) is 120 Å². The molecule has 32 heteroatoms. The van der Waals surface area contributed by atoms with E-state index >= 15 is 0 Å². The first-order chi connectivity index (χ1) is 56.1. The lowest BCUT2D eigenvalue weighted by Gasteiger charge is -2.36. The van der Waals surface area contributed by atoms with Crippen molar-refractivity contribution in [3.8, 4) is 34.5 Å². The molecule has 0 spiro atoms. The quantitative estimate of drug-likeness (QED) is 0.0402. The molecule has 0 saturated carbocycles. The summed E-state index contributed by atoms with van der Waals surface area (Å²) in [5, 5.41) is 2.76. The lowest BCUT2D eigenvalue weighted by Crippen LogP contribution is -2.50. The highest BCUT2D eigenvalue weighted by atomic mass is 16.6. The van der Waals surface area contributed by atoms with Crippen molar-refractivity contribution in [3.63, 3.8) is 0 Å². The van der Waals surface area contributed by atoms with E-state index in [9.17, 15) is 14.4 Å². The predicted octanol–water partition coefficient (Wildman–Crippen LogP) is 10.9. The summed E-state index contributed by atoms with van der Waals surface area (Å²) in [6.45, 7) is 39.2. The molecule has 4 aromatic heterocycles. The molecule has 0 aliphatic carbocycles. The highest BCUT2D eigenvalue weighted by molar-refractivity contribution is 5.96. The van der Waals surface area contributed by atoms with Gasteiger partial charge in [-0.05, 0) is 159 Å². The second-order valence-electron chi connectivity index (χ2n) is 34.4. The number of imidazole rings is 1. The molecule has 14 rings (SSSR count). The van der Waals surface area contributed by atoms with Gasteiger partial charge in [0, 0.05) is 210 Å². The average molecular weight is 1620 g/mol. The largest absolute Gasteiger partial charge is 0.493 e. The van der Waals surface area contributed by atoms with E-state index in [1.54, 1.807) is 42.2 Å². The van der Waals surface area contributed by atoms with Crippen molar-refractivity contribution in [2.75, 3.05) is 249 Å². The number of methoxy groups -OCH3 is 3. The van der Waals surface area contributed by atoms with Crippen LogP contribution in [0.4, 0.5) is 49.7 Å². The minimum absolute atomic E-state index is 0.265. The lowest BCUT2D eigenvalue weighted by atomic mass is 10.1. The Hall–Kier alpha value is -9.82. The van der Waals surface area contributed by atoms with Gasteiger partial charge in [-0.2, -0.15) is 15.0 Å². The minimum atomic E-state index is -0.516. The van der Waals surface area contributed by atoms with Crippen molar-refractivity contribution >= 4 is 86.3 Å². The van der Waals surface area contributed by atoms with Crippen LogP contribution in [0.2, 0.25) is 0 Å². The maximum Gasteiger partial charge on any atom is 0.410 e. The first-order valence-corrected chi connectivity index (χ1v) is 42.2. The zero-order valence-electron chi connectivity index (χ0n) is 72.2. The van der Waals surface area contributed by atoms with Gasteiger partial charge in [0.05, 0.1) is 64.0 Å². The number of anilines is 6. The van der Waals surface area contributed by atoms with Crippen LogP contribution in [0.15, 0.2) is 55.1 Å². The molecule has 0 atom stereocenters. The Kier molecular flexibility index (Phi) is 29.3. The Morgan fingerprint density at radius 1 is 0.385 bits per heavy atom. The number of carbonyl (C=O) groups excluding carboxylic acids is 3. The summed E-state index contributed by atoms with van der Waals surface area (Å²) >= 11 is 0. The van der Waals surface area contributed by atoms with Crippen LogP contribution >= 0.6 is 0 Å². The van der Waals surface area contributed by atoms with E-state index in [1.807, 2.05) is 116 Å². The predicted molar refractivity (Wildman–Crippen MR) is 458 cm³/mol. The molecule has 117 heavy (non-hydrogen) atoms. The number of amides is 3. The molecule has 7 aromatic rings. The van der Waals surface area contributed by atoms with Gasteiger partial charge in [-0.15, -0.1) is 0 Å². The Morgan fingerprint density at radius 3 is 1.01 bits per heavy atom. The molecular weight excluding hydrogens is 1490 g/mol. The molecule has 0 bridgehead atoms. The summed E-state index contributed by atoms with van der Waals surface area (Å²) in [5.41, 5.74) is 0.970. The van der Waals surface area contributed by atoms with Gasteiger partial charge in [-0.25, -0.2) is 34.3 Å². The standard InChI is InChI=1S/C30H47N7O4.C28H39N7O4.C27H42N6O4/c1-30(2,3)41-29(38)37-18-16-35(17-19-37)27-23-21-25(39-5)26(40-20-8-9-34-14-12-33(4)13-15-34)22-24(23)31-28(32-27)36-10-6-7-11-36;1-28(2,3)39-27(36)35-15-13-33(14-16-35)25-21-18-23(37-4)24(38-17-7-9-32-12-8-29-20-32)19-22(21)30-26(31-25)34-10-5-6-11-34;1-27(2,3)37-26(34)33-15-13-31(14-16-33)24-20-18-22(35-6)23(36-17-9-10-30(4)5)19-21(20)28-25(29-24)32-11-7-8-12-32/h21-22H,6-20H2,1-5H3;8,12,18-20H,5-7,9-11,13-17H2,1-4H3;18-19H,7-17H2,1-6H3. The summed E-state index contributed by atoms with van der Waals surface area (Å²) in [6.07, 6.45) is 14.3. The molecule has 0 N–H and O–H groups in total. The number of aromatic nitrogens is 8. The van der Waals surface area contributed by atoms with Gasteiger partial charge in [-0.1, -0.05) is 0 Å². The van der Waals surface area contributed by atoms with E-state index in [0.29, 0.717) is 133 Å². The number of piperazine rings is 4. The zero-order valence-corrected chi connectivity index (χ0v) is 72.2. The van der Waals surface area contributed by atoms with Crippen molar-refractivity contribution in [1.29, 1.82) is 0 Å². The molecule has 7 aliphatic rings. The van der Waals surface area contributed by atoms with Gasteiger partial charge in [0.15, 0.2) is 34.5 Å². The summed E-state index contributed by atoms with van der Waals surface area (Å²) in [5.74, 6) is 8.92. The number of hydrogen-bond acceptors (Lipinski definition) is 28. The first kappa shape index (κ1) is 86.5. The number of hydrogen-bond donors (Lipinski definition) is 0. The fourth-order valence-electron chi connectivity index (χ4n) is 15.3. The highest BCUT2D eigenvalue weighted by Gasteiger charge is 2.34. The molecule has 7 aliphatic heterocycles. The second kappa shape index (κ2) is 39.6. The number of carbonyl (C=O) groups is 3. The Balaban J connectivity index is 0.000000162. The van der Waals surface area contributed by atoms with E-state index in [1.165, 1.54) is 0 Å². The topological polar surface area (TPSA) is 268 Å². The van der Waals surface area contributed by atoms with E-state index in [0.717, 1.165) is 211 Å². The van der Waals surface area contributed by atoms with Crippen molar-refractivity contribution in [1.82, 2.24) is 68.9 Å². The molecule has 7 fully saturated rings. The zero-order chi connectivity index (χ0) is 83.0. The van der Waals surface area contributed by atoms with Crippen LogP contribution in [-0.2, 0) is 20.8 Å². The van der Waals surface area contributed by atoms with Gasteiger partial charge in [0.25, 0.3) is 0 Å². The fourth-order valence-corrected chi connectivity index (χ4v) is 15.3. The van der Waals surface area contributed by atoms with E-state index in [4.69, 9.17) is 72.5 Å². The number of aryl methyl sites for hydroxylation is 1. The Bertz CT molecular complexity index is 4390. The van der Waals surface area contributed by atoms with E-state index in [2.05, 4.69) is 70.2 Å². The molecule has 0 unspecified atom stereocenters. The number of fused-ring (bicyclic) bond motifs is 3. The van der Waals surface area contributed by atoms with E-state index in [-0.39, 0.29) is 18.3 Å².